The zero-order valence-corrected chi connectivity index (χ0v) is 13.6. The number of aliphatic hydroxyl groups excluding tert-OH is 1. The van der Waals surface area contributed by atoms with Gasteiger partial charge in [-0.15, -0.1) is 0 Å². The van der Waals surface area contributed by atoms with E-state index >= 15 is 0 Å². The van der Waals surface area contributed by atoms with Crippen molar-refractivity contribution < 1.29 is 9.90 Å². The van der Waals surface area contributed by atoms with Crippen LogP contribution in [0, 0.1) is 5.92 Å². The normalized spacial score (nSPS) is 21.3. The van der Waals surface area contributed by atoms with Crippen LogP contribution in [0.3, 0.4) is 0 Å². The van der Waals surface area contributed by atoms with Crippen LogP contribution < -0.4 is 5.32 Å². The molecule has 3 rings (SSSR count). The molecule has 1 heterocycles. The second-order valence-electron chi connectivity index (χ2n) is 6.53. The summed E-state index contributed by atoms with van der Waals surface area (Å²) in [6, 6.07) is 10.0. The van der Waals surface area contributed by atoms with E-state index in [0.29, 0.717) is 13.1 Å². The molecule has 1 aliphatic carbocycles. The first-order chi connectivity index (χ1) is 11.1. The zero-order valence-electron chi connectivity index (χ0n) is 13.6. The number of hydrogen-bond donors (Lipinski definition) is 3. The van der Waals surface area contributed by atoms with E-state index < -0.39 is 0 Å². The Morgan fingerprint density at radius 3 is 2.91 bits per heavy atom. The molecule has 0 saturated heterocycles. The third kappa shape index (κ3) is 3.85. The van der Waals surface area contributed by atoms with Gasteiger partial charge >= 0.3 is 6.03 Å². The topological polar surface area (TPSA) is 68.4 Å². The van der Waals surface area contributed by atoms with Crippen LogP contribution in [0.2, 0.25) is 0 Å². The Morgan fingerprint density at radius 2 is 2.13 bits per heavy atom. The highest BCUT2D eigenvalue weighted by molar-refractivity contribution is 5.80. The molecule has 5 nitrogen and oxygen atoms in total. The number of carbonyl (C=O) groups is 1. The second-order valence-corrected chi connectivity index (χ2v) is 6.53. The van der Waals surface area contributed by atoms with Crippen LogP contribution in [0.4, 0.5) is 4.79 Å². The molecule has 0 bridgehead atoms. The molecule has 2 atom stereocenters. The first-order valence-electron chi connectivity index (χ1n) is 8.37. The summed E-state index contributed by atoms with van der Waals surface area (Å²) in [5.74, 6) is 0.201. The van der Waals surface area contributed by atoms with Crippen LogP contribution in [0.1, 0.15) is 31.4 Å². The van der Waals surface area contributed by atoms with Crippen LogP contribution in [0.25, 0.3) is 10.9 Å². The number of nitrogens with zero attached hydrogens (tertiary/aromatic N) is 1. The predicted molar refractivity (Wildman–Crippen MR) is 91.1 cm³/mol. The Kier molecular flexibility index (Phi) is 4.86. The number of nitrogens with one attached hydrogen (secondary N) is 2. The average molecular weight is 315 g/mol. The van der Waals surface area contributed by atoms with Gasteiger partial charge in [0.25, 0.3) is 0 Å². The third-order valence-electron chi connectivity index (χ3n) is 4.74. The molecular formula is C18H25N3O2. The number of aromatic amines is 1. The molecule has 1 aliphatic rings. The number of fused-ring (bicyclic) bond motifs is 1. The van der Waals surface area contributed by atoms with E-state index in [0.717, 1.165) is 42.3 Å². The van der Waals surface area contributed by atoms with Crippen molar-refractivity contribution in [1.29, 1.82) is 0 Å². The standard InChI is InChI=1S/C18H25N3O2/c1-21(12-14-7-3-5-9-17(14)22)18(23)19-11-15-10-13-6-2-4-8-16(13)20-15/h2,4,6,8,10,14,17,20,22H,3,5,7,9,11-12H2,1H3,(H,19,23)/t14-,17+/m0/s1. The molecule has 2 aromatic rings. The number of para-hydroxylation sites is 1. The average Bonchev–Trinajstić information content (AvgIpc) is 2.97. The van der Waals surface area contributed by atoms with Crippen molar-refractivity contribution in [1.82, 2.24) is 15.2 Å². The minimum Gasteiger partial charge on any atom is -0.393 e. The van der Waals surface area contributed by atoms with Gasteiger partial charge in [-0.2, -0.15) is 0 Å². The van der Waals surface area contributed by atoms with Gasteiger partial charge in [0.1, 0.15) is 0 Å². The lowest BCUT2D eigenvalue weighted by atomic mass is 9.86. The van der Waals surface area contributed by atoms with Crippen LogP contribution in [-0.2, 0) is 6.54 Å². The van der Waals surface area contributed by atoms with Crippen molar-refractivity contribution in [2.45, 2.75) is 38.3 Å². The number of benzene rings is 1. The molecular weight excluding hydrogens is 290 g/mol. The Morgan fingerprint density at radius 1 is 1.35 bits per heavy atom. The molecule has 3 N–H and O–H groups in total. The van der Waals surface area contributed by atoms with E-state index in [1.807, 2.05) is 24.3 Å². The molecule has 0 aliphatic heterocycles. The van der Waals surface area contributed by atoms with E-state index in [2.05, 4.69) is 16.4 Å². The van der Waals surface area contributed by atoms with Gasteiger partial charge in [-0.25, -0.2) is 4.79 Å². The molecule has 1 aromatic heterocycles. The second kappa shape index (κ2) is 7.04. The fourth-order valence-corrected chi connectivity index (χ4v) is 3.37. The van der Waals surface area contributed by atoms with Gasteiger partial charge in [-0.1, -0.05) is 31.0 Å². The fourth-order valence-electron chi connectivity index (χ4n) is 3.37. The minimum absolute atomic E-state index is 0.0959. The molecule has 0 radical (unpaired) electrons. The Balaban J connectivity index is 1.51. The minimum atomic E-state index is -0.271. The molecule has 23 heavy (non-hydrogen) atoms. The summed E-state index contributed by atoms with van der Waals surface area (Å²) < 4.78 is 0. The lowest BCUT2D eigenvalue weighted by Crippen LogP contribution is -2.42. The lowest BCUT2D eigenvalue weighted by molar-refractivity contribution is 0.0565. The number of amides is 2. The first-order valence-corrected chi connectivity index (χ1v) is 8.37. The van der Waals surface area contributed by atoms with Crippen LogP contribution in [0.5, 0.6) is 0 Å². The van der Waals surface area contributed by atoms with Gasteiger partial charge in [0, 0.05) is 30.7 Å². The largest absolute Gasteiger partial charge is 0.393 e. The highest BCUT2D eigenvalue weighted by Gasteiger charge is 2.25. The number of aliphatic hydroxyl groups is 1. The maximum Gasteiger partial charge on any atom is 0.317 e. The fraction of sp³-hybridized carbons (Fsp3) is 0.500. The quantitative estimate of drug-likeness (QED) is 0.812. The molecule has 0 spiro atoms. The van der Waals surface area contributed by atoms with Gasteiger partial charge in [0.05, 0.1) is 12.6 Å². The molecule has 1 aromatic carbocycles. The van der Waals surface area contributed by atoms with Crippen LogP contribution in [-0.4, -0.2) is 40.7 Å². The van der Waals surface area contributed by atoms with Crippen molar-refractivity contribution in [2.75, 3.05) is 13.6 Å². The van der Waals surface area contributed by atoms with E-state index in [-0.39, 0.29) is 18.1 Å². The number of rotatable bonds is 4. The molecule has 5 heteroatoms. The highest BCUT2D eigenvalue weighted by atomic mass is 16.3. The third-order valence-corrected chi connectivity index (χ3v) is 4.74. The SMILES string of the molecule is CN(C[C@@H]1CCCC[C@H]1O)C(=O)NCc1cc2ccccc2[nH]1. The van der Waals surface area contributed by atoms with Crippen LogP contribution >= 0.6 is 0 Å². The monoisotopic (exact) mass is 315 g/mol. The van der Waals surface area contributed by atoms with Gasteiger partial charge in [0.15, 0.2) is 0 Å². The molecule has 124 valence electrons. The first kappa shape index (κ1) is 15.9. The highest BCUT2D eigenvalue weighted by Crippen LogP contribution is 2.24. The van der Waals surface area contributed by atoms with E-state index in [4.69, 9.17) is 0 Å². The number of carbonyl (C=O) groups excluding carboxylic acids is 1. The van der Waals surface area contributed by atoms with Gasteiger partial charge < -0.3 is 20.3 Å². The summed E-state index contributed by atoms with van der Waals surface area (Å²) in [6.45, 7) is 1.09. The van der Waals surface area contributed by atoms with E-state index in [1.165, 1.54) is 0 Å². The summed E-state index contributed by atoms with van der Waals surface area (Å²) in [5, 5.41) is 14.1. The summed E-state index contributed by atoms with van der Waals surface area (Å²) in [7, 11) is 1.79. The van der Waals surface area contributed by atoms with Crippen molar-refractivity contribution >= 4 is 16.9 Å². The number of urea groups is 1. The summed E-state index contributed by atoms with van der Waals surface area (Å²) in [6.07, 6.45) is 3.82. The Hall–Kier alpha value is -2.01. The molecule has 1 fully saturated rings. The van der Waals surface area contributed by atoms with Crippen molar-refractivity contribution in [2.24, 2.45) is 5.92 Å². The maximum absolute atomic E-state index is 12.2. The molecule has 0 unspecified atom stereocenters. The predicted octanol–water partition coefficient (Wildman–Crippen LogP) is 2.86. The summed E-state index contributed by atoms with van der Waals surface area (Å²) in [5.41, 5.74) is 2.07. The number of H-pyrrole nitrogens is 1. The lowest BCUT2D eigenvalue weighted by Gasteiger charge is -2.31. The smallest absolute Gasteiger partial charge is 0.317 e. The maximum atomic E-state index is 12.2. The van der Waals surface area contributed by atoms with Gasteiger partial charge in [-0.3, -0.25) is 0 Å². The number of hydrogen-bond acceptors (Lipinski definition) is 2. The number of aromatic nitrogens is 1. The Bertz CT molecular complexity index is 634. The summed E-state index contributed by atoms with van der Waals surface area (Å²) >= 11 is 0. The molecule has 2 amide bonds. The molecule has 1 saturated carbocycles. The van der Waals surface area contributed by atoms with Gasteiger partial charge in [0.2, 0.25) is 0 Å². The van der Waals surface area contributed by atoms with Crippen LogP contribution in [0.15, 0.2) is 30.3 Å². The van der Waals surface area contributed by atoms with Crippen molar-refractivity contribution in [3.8, 4) is 0 Å². The Labute approximate surface area is 136 Å². The zero-order chi connectivity index (χ0) is 16.2. The van der Waals surface area contributed by atoms with Crippen molar-refractivity contribution in [3.05, 3.63) is 36.0 Å². The van der Waals surface area contributed by atoms with E-state index in [9.17, 15) is 9.90 Å². The van der Waals surface area contributed by atoms with E-state index in [1.54, 1.807) is 11.9 Å². The van der Waals surface area contributed by atoms with Crippen molar-refractivity contribution in [3.63, 3.8) is 0 Å². The van der Waals surface area contributed by atoms with Gasteiger partial charge in [-0.05, 0) is 30.4 Å². The summed E-state index contributed by atoms with van der Waals surface area (Å²) in [4.78, 5) is 17.2.